The molecule has 1 rings (SSSR count). The molecule has 2 heteroatoms. The topological polar surface area (TPSA) is 29.3 Å². The van der Waals surface area contributed by atoms with E-state index in [-0.39, 0.29) is 11.5 Å². The minimum Gasteiger partial charge on any atom is -0.327 e. The summed E-state index contributed by atoms with van der Waals surface area (Å²) < 4.78 is 0. The standard InChI is InChI=1S/C15H26N2/c1-12(16)10-17(5)11-13-6-8-14(9-7-13)15(2,3)4/h6-9,12H,10-11,16H2,1-5H3. The highest BCUT2D eigenvalue weighted by Gasteiger charge is 2.13. The Morgan fingerprint density at radius 1 is 1.18 bits per heavy atom. The van der Waals surface area contributed by atoms with Gasteiger partial charge in [-0.05, 0) is 30.5 Å². The average Bonchev–Trinajstić information content (AvgIpc) is 2.15. The Bertz CT molecular complexity index is 333. The third-order valence-electron chi connectivity index (χ3n) is 2.87. The Morgan fingerprint density at radius 3 is 2.12 bits per heavy atom. The fraction of sp³-hybridized carbons (Fsp3) is 0.600. The van der Waals surface area contributed by atoms with E-state index in [4.69, 9.17) is 5.73 Å². The maximum Gasteiger partial charge on any atom is 0.0231 e. The van der Waals surface area contributed by atoms with Crippen molar-refractivity contribution in [3.05, 3.63) is 35.4 Å². The highest BCUT2D eigenvalue weighted by Crippen LogP contribution is 2.22. The lowest BCUT2D eigenvalue weighted by molar-refractivity contribution is 0.310. The maximum absolute atomic E-state index is 5.79. The van der Waals surface area contributed by atoms with Crippen molar-refractivity contribution in [1.82, 2.24) is 4.90 Å². The van der Waals surface area contributed by atoms with Gasteiger partial charge in [-0.1, -0.05) is 45.0 Å². The summed E-state index contributed by atoms with van der Waals surface area (Å²) >= 11 is 0. The van der Waals surface area contributed by atoms with E-state index in [2.05, 4.69) is 57.0 Å². The van der Waals surface area contributed by atoms with Gasteiger partial charge in [0.1, 0.15) is 0 Å². The summed E-state index contributed by atoms with van der Waals surface area (Å²) in [5, 5.41) is 0. The van der Waals surface area contributed by atoms with Crippen LogP contribution in [-0.4, -0.2) is 24.5 Å². The van der Waals surface area contributed by atoms with E-state index in [1.165, 1.54) is 11.1 Å². The van der Waals surface area contributed by atoms with Gasteiger partial charge in [0.25, 0.3) is 0 Å². The van der Waals surface area contributed by atoms with Gasteiger partial charge in [-0.25, -0.2) is 0 Å². The first-order chi connectivity index (χ1) is 7.79. The van der Waals surface area contributed by atoms with Gasteiger partial charge in [0.2, 0.25) is 0 Å². The number of hydrogen-bond donors (Lipinski definition) is 1. The molecule has 0 saturated heterocycles. The minimum absolute atomic E-state index is 0.230. The van der Waals surface area contributed by atoms with Crippen LogP contribution in [0.4, 0.5) is 0 Å². The summed E-state index contributed by atoms with van der Waals surface area (Å²) in [6.07, 6.45) is 0. The molecule has 1 aromatic carbocycles. The molecule has 0 aliphatic heterocycles. The van der Waals surface area contributed by atoms with Crippen LogP contribution in [0.15, 0.2) is 24.3 Å². The third-order valence-corrected chi connectivity index (χ3v) is 2.87. The van der Waals surface area contributed by atoms with Crippen LogP contribution >= 0.6 is 0 Å². The number of benzene rings is 1. The van der Waals surface area contributed by atoms with Gasteiger partial charge < -0.3 is 10.6 Å². The van der Waals surface area contributed by atoms with Gasteiger partial charge in [0.05, 0.1) is 0 Å². The third kappa shape index (κ3) is 4.88. The number of rotatable bonds is 4. The zero-order chi connectivity index (χ0) is 13.1. The van der Waals surface area contributed by atoms with Gasteiger partial charge in [0, 0.05) is 19.1 Å². The second kappa shape index (κ2) is 5.65. The van der Waals surface area contributed by atoms with Crippen LogP contribution in [0, 0.1) is 0 Å². The van der Waals surface area contributed by atoms with Gasteiger partial charge >= 0.3 is 0 Å². The molecule has 0 aromatic heterocycles. The fourth-order valence-electron chi connectivity index (χ4n) is 1.98. The van der Waals surface area contributed by atoms with E-state index in [9.17, 15) is 0 Å². The molecule has 0 spiro atoms. The molecule has 0 amide bonds. The lowest BCUT2D eigenvalue weighted by Gasteiger charge is -2.21. The predicted octanol–water partition coefficient (Wildman–Crippen LogP) is 2.76. The van der Waals surface area contributed by atoms with E-state index >= 15 is 0 Å². The highest BCUT2D eigenvalue weighted by atomic mass is 15.1. The molecule has 0 radical (unpaired) electrons. The summed E-state index contributed by atoms with van der Waals surface area (Å²) in [6, 6.07) is 9.13. The summed E-state index contributed by atoms with van der Waals surface area (Å²) in [4.78, 5) is 2.26. The Hall–Kier alpha value is -0.860. The molecule has 0 fully saturated rings. The normalized spacial score (nSPS) is 14.1. The highest BCUT2D eigenvalue weighted by molar-refractivity contribution is 5.27. The summed E-state index contributed by atoms with van der Waals surface area (Å²) in [6.45, 7) is 10.7. The summed E-state index contributed by atoms with van der Waals surface area (Å²) in [5.74, 6) is 0. The smallest absolute Gasteiger partial charge is 0.0231 e. The van der Waals surface area contributed by atoms with Crippen molar-refractivity contribution in [2.45, 2.75) is 45.7 Å². The zero-order valence-corrected chi connectivity index (χ0v) is 11.8. The van der Waals surface area contributed by atoms with Crippen LogP contribution < -0.4 is 5.73 Å². The minimum atomic E-state index is 0.230. The molecule has 17 heavy (non-hydrogen) atoms. The Labute approximate surface area is 106 Å². The molecule has 0 aliphatic rings. The molecule has 96 valence electrons. The van der Waals surface area contributed by atoms with Crippen molar-refractivity contribution in [3.8, 4) is 0 Å². The molecular weight excluding hydrogens is 208 g/mol. The molecule has 2 nitrogen and oxygen atoms in total. The van der Waals surface area contributed by atoms with Crippen molar-refractivity contribution < 1.29 is 0 Å². The number of hydrogen-bond acceptors (Lipinski definition) is 2. The van der Waals surface area contributed by atoms with Gasteiger partial charge in [-0.15, -0.1) is 0 Å². The summed E-state index contributed by atoms with van der Waals surface area (Å²) in [7, 11) is 2.11. The molecule has 0 aliphatic carbocycles. The molecule has 2 N–H and O–H groups in total. The van der Waals surface area contributed by atoms with Gasteiger partial charge in [-0.3, -0.25) is 0 Å². The van der Waals surface area contributed by atoms with E-state index in [0.717, 1.165) is 13.1 Å². The Balaban J connectivity index is 2.63. The summed E-state index contributed by atoms with van der Waals surface area (Å²) in [5.41, 5.74) is 8.75. The molecule has 0 heterocycles. The number of nitrogens with two attached hydrogens (primary N) is 1. The zero-order valence-electron chi connectivity index (χ0n) is 11.8. The van der Waals surface area contributed by atoms with Crippen LogP contribution in [0.2, 0.25) is 0 Å². The first-order valence-corrected chi connectivity index (χ1v) is 6.32. The monoisotopic (exact) mass is 234 g/mol. The van der Waals surface area contributed by atoms with Crippen LogP contribution in [0.3, 0.4) is 0 Å². The van der Waals surface area contributed by atoms with Crippen LogP contribution in [0.1, 0.15) is 38.8 Å². The fourth-order valence-corrected chi connectivity index (χ4v) is 1.98. The van der Waals surface area contributed by atoms with Crippen molar-refractivity contribution >= 4 is 0 Å². The van der Waals surface area contributed by atoms with E-state index in [0.29, 0.717) is 0 Å². The van der Waals surface area contributed by atoms with E-state index in [1.807, 2.05) is 6.92 Å². The van der Waals surface area contributed by atoms with Crippen molar-refractivity contribution in [3.63, 3.8) is 0 Å². The van der Waals surface area contributed by atoms with E-state index in [1.54, 1.807) is 0 Å². The Morgan fingerprint density at radius 2 is 1.71 bits per heavy atom. The maximum atomic E-state index is 5.79. The second-order valence-electron chi connectivity index (χ2n) is 6.12. The first-order valence-electron chi connectivity index (χ1n) is 6.32. The molecule has 1 atom stereocenters. The largest absolute Gasteiger partial charge is 0.327 e. The van der Waals surface area contributed by atoms with Crippen LogP contribution in [0.25, 0.3) is 0 Å². The first kappa shape index (κ1) is 14.2. The van der Waals surface area contributed by atoms with E-state index < -0.39 is 0 Å². The number of nitrogens with zero attached hydrogens (tertiary/aromatic N) is 1. The van der Waals surface area contributed by atoms with Crippen molar-refractivity contribution in [2.24, 2.45) is 5.73 Å². The lowest BCUT2D eigenvalue weighted by atomic mass is 9.87. The van der Waals surface area contributed by atoms with Gasteiger partial charge in [0.15, 0.2) is 0 Å². The molecule has 0 saturated carbocycles. The number of likely N-dealkylation sites (N-methyl/N-ethyl adjacent to an activating group) is 1. The van der Waals surface area contributed by atoms with Crippen molar-refractivity contribution in [1.29, 1.82) is 0 Å². The predicted molar refractivity (Wildman–Crippen MR) is 75.1 cm³/mol. The van der Waals surface area contributed by atoms with Crippen LogP contribution in [-0.2, 0) is 12.0 Å². The van der Waals surface area contributed by atoms with Gasteiger partial charge in [-0.2, -0.15) is 0 Å². The Kier molecular flexibility index (Phi) is 4.72. The molecule has 0 bridgehead atoms. The SMILES string of the molecule is CC(N)CN(C)Cc1ccc(C(C)(C)C)cc1. The quantitative estimate of drug-likeness (QED) is 0.868. The molecule has 1 aromatic rings. The van der Waals surface area contributed by atoms with Crippen molar-refractivity contribution in [2.75, 3.05) is 13.6 Å². The lowest BCUT2D eigenvalue weighted by Crippen LogP contribution is -2.32. The second-order valence-corrected chi connectivity index (χ2v) is 6.12. The molecule has 1 unspecified atom stereocenters. The average molecular weight is 234 g/mol. The van der Waals surface area contributed by atoms with Crippen LogP contribution in [0.5, 0.6) is 0 Å². The molecular formula is C15H26N2.